The summed E-state index contributed by atoms with van der Waals surface area (Å²) in [6.45, 7) is 3.89. The van der Waals surface area contributed by atoms with Gasteiger partial charge in [-0.25, -0.2) is 4.79 Å². The van der Waals surface area contributed by atoms with E-state index in [4.69, 9.17) is 10.2 Å². The Morgan fingerprint density at radius 1 is 1.58 bits per heavy atom. The molecule has 0 aliphatic carbocycles. The molecule has 0 radical (unpaired) electrons. The maximum Gasteiger partial charge on any atom is 0.436 e. The first kappa shape index (κ1) is 8.99. The molecule has 1 rings (SSSR count). The lowest BCUT2D eigenvalue weighted by molar-refractivity contribution is 0.374. The van der Waals surface area contributed by atoms with E-state index in [1.165, 1.54) is 7.05 Å². The second-order valence-corrected chi connectivity index (χ2v) is 3.10. The van der Waals surface area contributed by atoms with Gasteiger partial charge in [-0.1, -0.05) is 13.8 Å². The molecule has 0 bridgehead atoms. The van der Waals surface area contributed by atoms with Crippen LogP contribution in [0.4, 0.5) is 0 Å². The van der Waals surface area contributed by atoms with Crippen molar-refractivity contribution in [3.63, 3.8) is 0 Å². The lowest BCUT2D eigenvalue weighted by Gasteiger charge is -2.09. The van der Waals surface area contributed by atoms with Crippen molar-refractivity contribution in [1.29, 1.82) is 0 Å². The molecule has 0 saturated heterocycles. The van der Waals surface area contributed by atoms with E-state index in [2.05, 4.69) is 5.10 Å². The van der Waals surface area contributed by atoms with Crippen LogP contribution in [0.5, 0.6) is 0 Å². The first-order valence-electron chi connectivity index (χ1n) is 3.82. The van der Waals surface area contributed by atoms with Crippen LogP contribution < -0.4 is 11.5 Å². The van der Waals surface area contributed by atoms with Gasteiger partial charge in [-0.05, 0) is 5.92 Å². The van der Waals surface area contributed by atoms with E-state index in [-0.39, 0.29) is 12.0 Å². The van der Waals surface area contributed by atoms with Crippen molar-refractivity contribution in [3.8, 4) is 0 Å². The Bertz CT molecular complexity index is 313. The molecular formula is C7H13N3O2. The molecule has 1 atom stereocenters. The summed E-state index contributed by atoms with van der Waals surface area (Å²) in [5.41, 5.74) is 5.71. The summed E-state index contributed by atoms with van der Waals surface area (Å²) >= 11 is 0. The lowest BCUT2D eigenvalue weighted by Crippen LogP contribution is -2.17. The van der Waals surface area contributed by atoms with Gasteiger partial charge < -0.3 is 10.2 Å². The van der Waals surface area contributed by atoms with Crippen LogP contribution in [0, 0.1) is 5.92 Å². The molecular weight excluding hydrogens is 158 g/mol. The zero-order valence-corrected chi connectivity index (χ0v) is 7.44. The van der Waals surface area contributed by atoms with E-state index >= 15 is 0 Å². The Labute approximate surface area is 70.2 Å². The molecule has 0 aromatic carbocycles. The molecule has 0 amide bonds. The molecule has 5 heteroatoms. The van der Waals surface area contributed by atoms with Crippen LogP contribution in [-0.2, 0) is 7.05 Å². The van der Waals surface area contributed by atoms with Gasteiger partial charge in [0.2, 0.25) is 5.89 Å². The van der Waals surface area contributed by atoms with Crippen molar-refractivity contribution in [2.45, 2.75) is 19.9 Å². The second-order valence-electron chi connectivity index (χ2n) is 3.10. The second kappa shape index (κ2) is 3.10. The molecule has 0 fully saturated rings. The van der Waals surface area contributed by atoms with Crippen molar-refractivity contribution in [1.82, 2.24) is 9.78 Å². The number of hydrogen-bond acceptors (Lipinski definition) is 4. The maximum atomic E-state index is 10.8. The molecule has 1 heterocycles. The largest absolute Gasteiger partial charge is 0.436 e. The topological polar surface area (TPSA) is 74.0 Å². The number of nitrogens with zero attached hydrogens (tertiary/aromatic N) is 2. The number of hydrogen-bond donors (Lipinski definition) is 1. The van der Waals surface area contributed by atoms with Crippen LogP contribution in [-0.4, -0.2) is 9.78 Å². The van der Waals surface area contributed by atoms with Gasteiger partial charge in [0.1, 0.15) is 0 Å². The normalized spacial score (nSPS) is 13.8. The van der Waals surface area contributed by atoms with Crippen molar-refractivity contribution in [2.75, 3.05) is 0 Å². The Morgan fingerprint density at radius 2 is 2.17 bits per heavy atom. The maximum absolute atomic E-state index is 10.8. The minimum absolute atomic E-state index is 0.211. The zero-order valence-electron chi connectivity index (χ0n) is 7.44. The van der Waals surface area contributed by atoms with Gasteiger partial charge in [-0.2, -0.15) is 4.68 Å². The van der Waals surface area contributed by atoms with Crippen LogP contribution in [0.1, 0.15) is 25.8 Å². The fourth-order valence-corrected chi connectivity index (χ4v) is 0.784. The third-order valence-electron chi connectivity index (χ3n) is 1.71. The fourth-order valence-electron chi connectivity index (χ4n) is 0.784. The standard InChI is InChI=1S/C7H13N3O2/c1-4(2)5(8)6-9-10(3)7(11)12-6/h4-5H,8H2,1-3H3/t5-/m0/s1. The van der Waals surface area contributed by atoms with Crippen LogP contribution in [0.3, 0.4) is 0 Å². The minimum atomic E-state index is -0.471. The highest BCUT2D eigenvalue weighted by Gasteiger charge is 2.17. The highest BCUT2D eigenvalue weighted by molar-refractivity contribution is 4.86. The average Bonchev–Trinajstić information content (AvgIpc) is 2.30. The van der Waals surface area contributed by atoms with Crippen molar-refractivity contribution in [3.05, 3.63) is 16.4 Å². The number of nitrogens with two attached hydrogens (primary N) is 1. The summed E-state index contributed by atoms with van der Waals surface area (Å²) in [5, 5.41) is 3.84. The molecule has 5 nitrogen and oxygen atoms in total. The summed E-state index contributed by atoms with van der Waals surface area (Å²) in [7, 11) is 1.53. The Kier molecular flexibility index (Phi) is 2.32. The summed E-state index contributed by atoms with van der Waals surface area (Å²) in [6.07, 6.45) is 0. The third kappa shape index (κ3) is 1.55. The smallest absolute Gasteiger partial charge is 0.391 e. The van der Waals surface area contributed by atoms with Gasteiger partial charge in [0.25, 0.3) is 0 Å². The predicted octanol–water partition coefficient (Wildman–Crippen LogP) is 0.0291. The third-order valence-corrected chi connectivity index (χ3v) is 1.71. The molecule has 0 unspecified atom stereocenters. The molecule has 68 valence electrons. The van der Waals surface area contributed by atoms with Crippen molar-refractivity contribution >= 4 is 0 Å². The SMILES string of the molecule is CC(C)[C@H](N)c1nn(C)c(=O)o1. The molecule has 0 aliphatic rings. The van der Waals surface area contributed by atoms with Gasteiger partial charge in [-0.3, -0.25) is 0 Å². The van der Waals surface area contributed by atoms with Crippen molar-refractivity contribution in [2.24, 2.45) is 18.7 Å². The summed E-state index contributed by atoms with van der Waals surface area (Å²) in [6, 6.07) is -0.307. The van der Waals surface area contributed by atoms with E-state index in [9.17, 15) is 4.79 Å². The molecule has 0 saturated carbocycles. The highest BCUT2D eigenvalue weighted by Crippen LogP contribution is 2.14. The van der Waals surface area contributed by atoms with Crippen LogP contribution in [0.2, 0.25) is 0 Å². The summed E-state index contributed by atoms with van der Waals surface area (Å²) in [4.78, 5) is 10.8. The summed E-state index contributed by atoms with van der Waals surface area (Å²) < 4.78 is 5.95. The minimum Gasteiger partial charge on any atom is -0.391 e. The van der Waals surface area contributed by atoms with Crippen LogP contribution >= 0.6 is 0 Å². The molecule has 1 aromatic heterocycles. The fraction of sp³-hybridized carbons (Fsp3) is 0.714. The molecule has 2 N–H and O–H groups in total. The predicted molar refractivity (Wildman–Crippen MR) is 43.5 cm³/mol. The number of rotatable bonds is 2. The lowest BCUT2D eigenvalue weighted by atomic mass is 10.1. The van der Waals surface area contributed by atoms with E-state index < -0.39 is 5.76 Å². The first-order chi connectivity index (χ1) is 5.52. The quantitative estimate of drug-likeness (QED) is 0.681. The molecule has 0 aliphatic heterocycles. The number of aryl methyl sites for hydroxylation is 1. The van der Waals surface area contributed by atoms with Crippen LogP contribution in [0.25, 0.3) is 0 Å². The van der Waals surface area contributed by atoms with E-state index in [1.807, 2.05) is 13.8 Å². The first-order valence-corrected chi connectivity index (χ1v) is 3.82. The zero-order chi connectivity index (χ0) is 9.30. The average molecular weight is 171 g/mol. The monoisotopic (exact) mass is 171 g/mol. The molecule has 1 aromatic rings. The van der Waals surface area contributed by atoms with E-state index in [0.717, 1.165) is 4.68 Å². The van der Waals surface area contributed by atoms with Gasteiger partial charge in [0.15, 0.2) is 0 Å². The van der Waals surface area contributed by atoms with Gasteiger partial charge >= 0.3 is 5.76 Å². The van der Waals surface area contributed by atoms with Gasteiger partial charge in [0, 0.05) is 7.05 Å². The van der Waals surface area contributed by atoms with Gasteiger partial charge in [-0.15, -0.1) is 5.10 Å². The number of aromatic nitrogens is 2. The Morgan fingerprint density at radius 3 is 2.50 bits per heavy atom. The molecule has 0 spiro atoms. The molecule has 12 heavy (non-hydrogen) atoms. The van der Waals surface area contributed by atoms with Crippen molar-refractivity contribution < 1.29 is 4.42 Å². The van der Waals surface area contributed by atoms with Gasteiger partial charge in [0.05, 0.1) is 6.04 Å². The summed E-state index contributed by atoms with van der Waals surface area (Å²) in [5.74, 6) is 0.0432. The highest BCUT2D eigenvalue weighted by atomic mass is 16.4. The Balaban J connectivity index is 2.96. The van der Waals surface area contributed by atoms with E-state index in [1.54, 1.807) is 0 Å². The Hall–Kier alpha value is -1.10. The van der Waals surface area contributed by atoms with E-state index in [0.29, 0.717) is 5.89 Å². The van der Waals surface area contributed by atoms with Crippen LogP contribution in [0.15, 0.2) is 9.21 Å².